The molecular weight excluding hydrogens is 234 g/mol. The Bertz CT molecular complexity index is 171. The summed E-state index contributed by atoms with van der Waals surface area (Å²) in [6, 6.07) is 0. The summed E-state index contributed by atoms with van der Waals surface area (Å²) >= 11 is 3.24. The quantitative estimate of drug-likeness (QED) is 0.727. The van der Waals surface area contributed by atoms with E-state index in [1.165, 1.54) is 0 Å². The third kappa shape index (κ3) is 5.26. The van der Waals surface area contributed by atoms with E-state index >= 15 is 0 Å². The molecule has 0 aromatic carbocycles. The molecule has 0 saturated carbocycles. The Labute approximate surface area is 88.0 Å². The second-order valence-corrected chi connectivity index (χ2v) is 4.55. The molecule has 0 saturated heterocycles. The topological polar surface area (TPSA) is 49.3 Å². The first-order valence-electron chi connectivity index (χ1n) is 4.57. The van der Waals surface area contributed by atoms with Crippen LogP contribution in [0.5, 0.6) is 0 Å². The summed E-state index contributed by atoms with van der Waals surface area (Å²) in [6.07, 6.45) is 1.38. The van der Waals surface area contributed by atoms with Gasteiger partial charge in [0.25, 0.3) is 0 Å². The van der Waals surface area contributed by atoms with Gasteiger partial charge < -0.3 is 10.4 Å². The zero-order chi connectivity index (χ0) is 10.5. The maximum atomic E-state index is 11.3. The summed E-state index contributed by atoms with van der Waals surface area (Å²) < 4.78 is 0. The largest absolute Gasteiger partial charge is 0.388 e. The highest BCUT2D eigenvalue weighted by Gasteiger charge is 2.20. The molecule has 2 atom stereocenters. The van der Waals surface area contributed by atoms with Gasteiger partial charge in [-0.1, -0.05) is 29.8 Å². The van der Waals surface area contributed by atoms with Gasteiger partial charge in [-0.2, -0.15) is 0 Å². The number of amides is 1. The van der Waals surface area contributed by atoms with E-state index in [0.717, 1.165) is 6.42 Å². The lowest BCUT2D eigenvalue weighted by atomic mass is 10.0. The van der Waals surface area contributed by atoms with Crippen LogP contribution in [0.25, 0.3) is 0 Å². The minimum absolute atomic E-state index is 0.0591. The second kappa shape index (κ2) is 5.60. The van der Waals surface area contributed by atoms with E-state index in [1.54, 1.807) is 6.92 Å². The molecule has 0 aromatic rings. The second-order valence-electron chi connectivity index (χ2n) is 3.44. The van der Waals surface area contributed by atoms with Crippen LogP contribution < -0.4 is 5.32 Å². The van der Waals surface area contributed by atoms with Gasteiger partial charge in [0.1, 0.15) is 0 Å². The molecule has 78 valence electrons. The van der Waals surface area contributed by atoms with Crippen molar-refractivity contribution >= 4 is 21.8 Å². The molecule has 0 aromatic heterocycles. The highest BCUT2D eigenvalue weighted by atomic mass is 79.9. The van der Waals surface area contributed by atoms with Crippen molar-refractivity contribution in [2.24, 2.45) is 0 Å². The van der Waals surface area contributed by atoms with Crippen LogP contribution in [0.4, 0.5) is 0 Å². The highest BCUT2D eigenvalue weighted by molar-refractivity contribution is 9.10. The van der Waals surface area contributed by atoms with Crippen molar-refractivity contribution in [2.75, 3.05) is 6.54 Å². The Morgan fingerprint density at radius 3 is 2.54 bits per heavy atom. The molecule has 0 rings (SSSR count). The van der Waals surface area contributed by atoms with Crippen LogP contribution in [0, 0.1) is 0 Å². The van der Waals surface area contributed by atoms with E-state index in [2.05, 4.69) is 21.2 Å². The molecule has 0 radical (unpaired) electrons. The number of hydrogen-bond acceptors (Lipinski definition) is 2. The lowest BCUT2D eigenvalue weighted by Crippen LogP contribution is -2.42. The molecule has 3 nitrogen and oxygen atoms in total. The highest BCUT2D eigenvalue weighted by Crippen LogP contribution is 2.08. The van der Waals surface area contributed by atoms with Crippen LogP contribution in [-0.2, 0) is 4.79 Å². The fraction of sp³-hybridized carbons (Fsp3) is 0.889. The molecule has 0 aliphatic heterocycles. The van der Waals surface area contributed by atoms with Gasteiger partial charge in [-0.25, -0.2) is 0 Å². The first-order valence-corrected chi connectivity index (χ1v) is 5.48. The lowest BCUT2D eigenvalue weighted by Gasteiger charge is -2.22. The summed E-state index contributed by atoms with van der Waals surface area (Å²) in [5.74, 6) is -0.0591. The Kier molecular flexibility index (Phi) is 5.56. The predicted molar refractivity (Wildman–Crippen MR) is 56.9 cm³/mol. The van der Waals surface area contributed by atoms with Gasteiger partial charge in [-0.05, 0) is 19.8 Å². The summed E-state index contributed by atoms with van der Waals surface area (Å²) in [4.78, 5) is 11.1. The van der Waals surface area contributed by atoms with Gasteiger partial charge >= 0.3 is 0 Å². The van der Waals surface area contributed by atoms with Gasteiger partial charge in [0, 0.05) is 6.54 Å². The van der Waals surface area contributed by atoms with Crippen molar-refractivity contribution in [1.29, 1.82) is 0 Å². The van der Waals surface area contributed by atoms with Gasteiger partial charge in [0.05, 0.1) is 10.4 Å². The predicted octanol–water partition coefficient (Wildman–Crippen LogP) is 1.44. The summed E-state index contributed by atoms with van der Waals surface area (Å²) in [6.45, 7) is 5.83. The van der Waals surface area contributed by atoms with Crippen LogP contribution in [0.15, 0.2) is 0 Å². The zero-order valence-corrected chi connectivity index (χ0v) is 10.0. The first-order chi connectivity index (χ1) is 5.93. The number of halogens is 1. The Hall–Kier alpha value is -0.0900. The Morgan fingerprint density at radius 2 is 2.15 bits per heavy atom. The first kappa shape index (κ1) is 12.9. The van der Waals surface area contributed by atoms with Crippen molar-refractivity contribution in [3.05, 3.63) is 0 Å². The van der Waals surface area contributed by atoms with Crippen molar-refractivity contribution in [1.82, 2.24) is 5.32 Å². The van der Waals surface area contributed by atoms with E-state index in [-0.39, 0.29) is 10.7 Å². The minimum Gasteiger partial charge on any atom is -0.388 e. The molecule has 13 heavy (non-hydrogen) atoms. The standard InChI is InChI=1S/C9H18BrNO2/c1-4-7(10)8(12)11-6-9(3,13)5-2/h7,13H,4-6H2,1-3H3,(H,11,12). The number of aliphatic hydroxyl groups is 1. The molecule has 0 aliphatic carbocycles. The molecule has 0 aliphatic rings. The number of alkyl halides is 1. The molecule has 0 fully saturated rings. The van der Waals surface area contributed by atoms with Crippen molar-refractivity contribution in [3.63, 3.8) is 0 Å². The van der Waals surface area contributed by atoms with Crippen LogP contribution in [0.2, 0.25) is 0 Å². The smallest absolute Gasteiger partial charge is 0.233 e. The fourth-order valence-electron chi connectivity index (χ4n) is 0.699. The molecule has 4 heteroatoms. The van der Waals surface area contributed by atoms with Crippen molar-refractivity contribution in [2.45, 2.75) is 44.0 Å². The van der Waals surface area contributed by atoms with E-state index in [1.807, 2.05) is 13.8 Å². The summed E-state index contributed by atoms with van der Waals surface area (Å²) in [5, 5.41) is 12.3. The molecule has 0 bridgehead atoms. The van der Waals surface area contributed by atoms with Gasteiger partial charge in [-0.3, -0.25) is 4.79 Å². The SMILES string of the molecule is CCC(Br)C(=O)NCC(C)(O)CC. The summed E-state index contributed by atoms with van der Waals surface area (Å²) in [5.41, 5.74) is -0.796. The zero-order valence-electron chi connectivity index (χ0n) is 8.43. The fourth-order valence-corrected chi connectivity index (χ4v) is 0.861. The molecular formula is C9H18BrNO2. The minimum atomic E-state index is -0.796. The number of carbonyl (C=O) groups is 1. The number of rotatable bonds is 5. The molecule has 0 heterocycles. The maximum absolute atomic E-state index is 11.3. The van der Waals surface area contributed by atoms with E-state index in [9.17, 15) is 9.90 Å². The Morgan fingerprint density at radius 1 is 1.62 bits per heavy atom. The average molecular weight is 252 g/mol. The van der Waals surface area contributed by atoms with Crippen molar-refractivity contribution in [3.8, 4) is 0 Å². The van der Waals surface area contributed by atoms with E-state index in [0.29, 0.717) is 13.0 Å². The van der Waals surface area contributed by atoms with Crippen LogP contribution >= 0.6 is 15.9 Å². The van der Waals surface area contributed by atoms with E-state index < -0.39 is 5.60 Å². The Balaban J connectivity index is 3.83. The molecule has 2 N–H and O–H groups in total. The molecule has 1 amide bonds. The summed E-state index contributed by atoms with van der Waals surface area (Å²) in [7, 11) is 0. The van der Waals surface area contributed by atoms with E-state index in [4.69, 9.17) is 0 Å². The molecule has 0 spiro atoms. The third-order valence-electron chi connectivity index (χ3n) is 2.05. The van der Waals surface area contributed by atoms with Crippen LogP contribution in [0.1, 0.15) is 33.6 Å². The monoisotopic (exact) mass is 251 g/mol. The molecule has 2 unspecified atom stereocenters. The maximum Gasteiger partial charge on any atom is 0.233 e. The van der Waals surface area contributed by atoms with Gasteiger partial charge in [0.15, 0.2) is 0 Å². The van der Waals surface area contributed by atoms with Crippen LogP contribution in [0.3, 0.4) is 0 Å². The third-order valence-corrected chi connectivity index (χ3v) is 3.11. The lowest BCUT2D eigenvalue weighted by molar-refractivity contribution is -0.121. The average Bonchev–Trinajstić information content (AvgIpc) is 2.13. The number of hydrogen-bond donors (Lipinski definition) is 2. The number of nitrogens with one attached hydrogen (secondary N) is 1. The van der Waals surface area contributed by atoms with Gasteiger partial charge in [0.2, 0.25) is 5.91 Å². The normalized spacial score (nSPS) is 17.6. The van der Waals surface area contributed by atoms with Gasteiger partial charge in [-0.15, -0.1) is 0 Å². The number of carbonyl (C=O) groups excluding carboxylic acids is 1. The van der Waals surface area contributed by atoms with Crippen molar-refractivity contribution < 1.29 is 9.90 Å². The van der Waals surface area contributed by atoms with Crippen LogP contribution in [-0.4, -0.2) is 28.0 Å².